The molecule has 0 saturated heterocycles. The molecule has 0 aliphatic heterocycles. The molecule has 3 heterocycles. The first-order chi connectivity index (χ1) is 13.9. The molecule has 0 spiro atoms. The maximum absolute atomic E-state index is 12.7. The summed E-state index contributed by atoms with van der Waals surface area (Å²) in [5.74, 6) is 0.157. The van der Waals surface area contributed by atoms with E-state index in [1.165, 1.54) is 16.9 Å². The Morgan fingerprint density at radius 2 is 1.93 bits per heavy atom. The quantitative estimate of drug-likeness (QED) is 0.557. The van der Waals surface area contributed by atoms with Crippen LogP contribution in [0.1, 0.15) is 27.4 Å². The standard InChI is InChI=1S/C21H18N4O4/c1-12-5-7-14(8-6-12)23-19(26)16-10-17-18(22-13(16)2)25(21(28)24-20(17)27)11-15-4-3-9-29-15/h3-10H,11H2,1-2H3,(H,23,26)(H,24,27,28). The molecule has 0 aliphatic rings. The summed E-state index contributed by atoms with van der Waals surface area (Å²) in [6.07, 6.45) is 1.50. The number of benzene rings is 1. The Labute approximate surface area is 164 Å². The number of carbonyl (C=O) groups is 1. The van der Waals surface area contributed by atoms with Gasteiger partial charge in [0.15, 0.2) is 0 Å². The maximum atomic E-state index is 12.7. The van der Waals surface area contributed by atoms with Crippen molar-refractivity contribution in [3.63, 3.8) is 0 Å². The van der Waals surface area contributed by atoms with E-state index in [2.05, 4.69) is 15.3 Å². The highest BCUT2D eigenvalue weighted by atomic mass is 16.3. The summed E-state index contributed by atoms with van der Waals surface area (Å²) in [4.78, 5) is 44.1. The van der Waals surface area contributed by atoms with Crippen LogP contribution in [0.25, 0.3) is 11.0 Å². The van der Waals surface area contributed by atoms with Crippen molar-refractivity contribution in [3.8, 4) is 0 Å². The number of fused-ring (bicyclic) bond motifs is 1. The molecular weight excluding hydrogens is 372 g/mol. The molecule has 0 atom stereocenters. The van der Waals surface area contributed by atoms with Crippen molar-refractivity contribution in [3.05, 3.63) is 92.1 Å². The average molecular weight is 390 g/mol. The third kappa shape index (κ3) is 3.60. The molecule has 1 aromatic carbocycles. The summed E-state index contributed by atoms with van der Waals surface area (Å²) in [6, 6.07) is 12.3. The van der Waals surface area contributed by atoms with E-state index in [1.807, 2.05) is 19.1 Å². The normalized spacial score (nSPS) is 11.0. The Morgan fingerprint density at radius 1 is 1.17 bits per heavy atom. The van der Waals surface area contributed by atoms with Gasteiger partial charge in [0.2, 0.25) is 0 Å². The van der Waals surface area contributed by atoms with Crippen LogP contribution in [0.5, 0.6) is 0 Å². The first-order valence-electron chi connectivity index (χ1n) is 8.97. The maximum Gasteiger partial charge on any atom is 0.330 e. The van der Waals surface area contributed by atoms with Gasteiger partial charge in [0.1, 0.15) is 11.4 Å². The van der Waals surface area contributed by atoms with Crippen molar-refractivity contribution < 1.29 is 9.21 Å². The van der Waals surface area contributed by atoms with Crippen LogP contribution in [0.15, 0.2) is 62.7 Å². The van der Waals surface area contributed by atoms with E-state index < -0.39 is 11.2 Å². The van der Waals surface area contributed by atoms with Crippen molar-refractivity contribution >= 4 is 22.6 Å². The summed E-state index contributed by atoms with van der Waals surface area (Å²) in [7, 11) is 0. The molecule has 0 fully saturated rings. The van der Waals surface area contributed by atoms with Gasteiger partial charge >= 0.3 is 5.69 Å². The van der Waals surface area contributed by atoms with Crippen LogP contribution in [0.2, 0.25) is 0 Å². The van der Waals surface area contributed by atoms with Crippen LogP contribution in [0.3, 0.4) is 0 Å². The first-order valence-corrected chi connectivity index (χ1v) is 8.97. The van der Waals surface area contributed by atoms with E-state index >= 15 is 0 Å². The molecule has 3 aromatic heterocycles. The highest BCUT2D eigenvalue weighted by molar-refractivity contribution is 6.06. The van der Waals surface area contributed by atoms with Crippen LogP contribution in [0.4, 0.5) is 5.69 Å². The van der Waals surface area contributed by atoms with Gasteiger partial charge in [-0.3, -0.25) is 19.1 Å². The first kappa shape index (κ1) is 18.4. The Hall–Kier alpha value is -3.94. The number of anilines is 1. The van der Waals surface area contributed by atoms with Gasteiger partial charge in [0.25, 0.3) is 11.5 Å². The molecular formula is C21H18N4O4. The minimum Gasteiger partial charge on any atom is -0.467 e. The number of aryl methyl sites for hydroxylation is 2. The average Bonchev–Trinajstić information content (AvgIpc) is 3.19. The van der Waals surface area contributed by atoms with Crippen LogP contribution in [-0.4, -0.2) is 20.4 Å². The van der Waals surface area contributed by atoms with Crippen LogP contribution in [0, 0.1) is 13.8 Å². The van der Waals surface area contributed by atoms with E-state index in [9.17, 15) is 14.4 Å². The van der Waals surface area contributed by atoms with Crippen molar-refractivity contribution in [2.45, 2.75) is 20.4 Å². The second kappa shape index (κ2) is 7.23. The van der Waals surface area contributed by atoms with Gasteiger partial charge in [-0.2, -0.15) is 0 Å². The summed E-state index contributed by atoms with van der Waals surface area (Å²) < 4.78 is 6.60. The molecule has 4 aromatic rings. The number of carbonyl (C=O) groups excluding carboxylic acids is 1. The number of amides is 1. The number of rotatable bonds is 4. The van der Waals surface area contributed by atoms with Gasteiger partial charge in [0.05, 0.1) is 29.5 Å². The topological polar surface area (TPSA) is 110 Å². The summed E-state index contributed by atoms with van der Waals surface area (Å²) >= 11 is 0. The van der Waals surface area contributed by atoms with E-state index in [1.54, 1.807) is 31.2 Å². The third-order valence-corrected chi connectivity index (χ3v) is 4.61. The van der Waals surface area contributed by atoms with Gasteiger partial charge in [0, 0.05) is 5.69 Å². The lowest BCUT2D eigenvalue weighted by molar-refractivity contribution is 0.102. The predicted molar refractivity (Wildman–Crippen MR) is 108 cm³/mol. The molecule has 1 amide bonds. The number of H-pyrrole nitrogens is 1. The SMILES string of the molecule is Cc1ccc(NC(=O)c2cc3c(=O)[nH]c(=O)n(Cc4ccco4)c3nc2C)cc1. The summed E-state index contributed by atoms with van der Waals surface area (Å²) in [5, 5.41) is 2.95. The second-order valence-corrected chi connectivity index (χ2v) is 6.74. The van der Waals surface area contributed by atoms with Gasteiger partial charge in [-0.1, -0.05) is 17.7 Å². The Balaban J connectivity index is 1.78. The van der Waals surface area contributed by atoms with Crippen molar-refractivity contribution in [1.82, 2.24) is 14.5 Å². The fourth-order valence-corrected chi connectivity index (χ4v) is 3.06. The van der Waals surface area contributed by atoms with Crippen LogP contribution < -0.4 is 16.6 Å². The van der Waals surface area contributed by atoms with Crippen LogP contribution in [-0.2, 0) is 6.54 Å². The molecule has 8 heteroatoms. The molecule has 0 unspecified atom stereocenters. The van der Waals surface area contributed by atoms with Crippen molar-refractivity contribution in [1.29, 1.82) is 0 Å². The number of aromatic amines is 1. The smallest absolute Gasteiger partial charge is 0.330 e. The summed E-state index contributed by atoms with van der Waals surface area (Å²) in [5.41, 5.74) is 1.37. The Kier molecular flexibility index (Phi) is 4.59. The minimum absolute atomic E-state index is 0.112. The zero-order chi connectivity index (χ0) is 20.5. The number of aromatic nitrogens is 3. The van der Waals surface area contributed by atoms with E-state index in [4.69, 9.17) is 4.42 Å². The molecule has 29 heavy (non-hydrogen) atoms. The molecule has 8 nitrogen and oxygen atoms in total. The lowest BCUT2D eigenvalue weighted by Crippen LogP contribution is -2.31. The van der Waals surface area contributed by atoms with Gasteiger partial charge in [-0.25, -0.2) is 9.78 Å². The lowest BCUT2D eigenvalue weighted by Gasteiger charge is -2.11. The molecule has 146 valence electrons. The highest BCUT2D eigenvalue weighted by Gasteiger charge is 2.17. The minimum atomic E-state index is -0.599. The zero-order valence-corrected chi connectivity index (χ0v) is 15.9. The van der Waals surface area contributed by atoms with Gasteiger partial charge in [-0.15, -0.1) is 0 Å². The number of furan rings is 1. The van der Waals surface area contributed by atoms with Gasteiger partial charge in [-0.05, 0) is 44.2 Å². The number of nitrogens with one attached hydrogen (secondary N) is 2. The lowest BCUT2D eigenvalue weighted by atomic mass is 10.1. The van der Waals surface area contributed by atoms with Crippen molar-refractivity contribution in [2.75, 3.05) is 5.32 Å². The molecule has 0 aliphatic carbocycles. The largest absolute Gasteiger partial charge is 0.467 e. The fourth-order valence-electron chi connectivity index (χ4n) is 3.06. The fraction of sp³-hybridized carbons (Fsp3) is 0.143. The third-order valence-electron chi connectivity index (χ3n) is 4.61. The zero-order valence-electron chi connectivity index (χ0n) is 15.9. The molecule has 0 bridgehead atoms. The molecule has 2 N–H and O–H groups in total. The van der Waals surface area contributed by atoms with E-state index in [0.29, 0.717) is 17.1 Å². The monoisotopic (exact) mass is 390 g/mol. The Morgan fingerprint density at radius 3 is 2.62 bits per heavy atom. The molecule has 0 radical (unpaired) electrons. The van der Waals surface area contributed by atoms with E-state index in [0.717, 1.165) is 5.56 Å². The van der Waals surface area contributed by atoms with Crippen LogP contribution >= 0.6 is 0 Å². The number of nitrogens with zero attached hydrogens (tertiary/aromatic N) is 2. The summed E-state index contributed by atoms with van der Waals surface area (Å²) in [6.45, 7) is 3.73. The number of hydrogen-bond donors (Lipinski definition) is 2. The number of pyridine rings is 1. The molecule has 4 rings (SSSR count). The van der Waals surface area contributed by atoms with Gasteiger partial charge < -0.3 is 9.73 Å². The number of hydrogen-bond acceptors (Lipinski definition) is 5. The van der Waals surface area contributed by atoms with Crippen molar-refractivity contribution in [2.24, 2.45) is 0 Å². The van der Waals surface area contributed by atoms with E-state index in [-0.39, 0.29) is 29.0 Å². The predicted octanol–water partition coefficient (Wildman–Crippen LogP) is 2.60. The Bertz CT molecular complexity index is 1320. The molecule has 0 saturated carbocycles. The second-order valence-electron chi connectivity index (χ2n) is 6.74. The highest BCUT2D eigenvalue weighted by Crippen LogP contribution is 2.16.